The number of halogens is 3. The Morgan fingerprint density at radius 1 is 0.933 bits per heavy atom. The molecule has 1 aliphatic heterocycles. The molecular weight excluding hydrogens is 393 g/mol. The number of hydrogen-bond donors (Lipinski definition) is 0. The Hall–Kier alpha value is -3.36. The predicted octanol–water partition coefficient (Wildman–Crippen LogP) is 3.78. The van der Waals surface area contributed by atoms with Crippen LogP contribution in [0.25, 0.3) is 11.8 Å². The average Bonchev–Trinajstić information content (AvgIpc) is 3.21. The van der Waals surface area contributed by atoms with E-state index in [-0.39, 0.29) is 0 Å². The van der Waals surface area contributed by atoms with Crippen molar-refractivity contribution in [1.29, 1.82) is 0 Å². The van der Waals surface area contributed by atoms with Crippen molar-refractivity contribution in [2.75, 3.05) is 31.1 Å². The number of nitrogens with zero attached hydrogens (tertiary/aromatic N) is 6. The van der Waals surface area contributed by atoms with Gasteiger partial charge in [0.25, 0.3) is 0 Å². The molecule has 1 aliphatic rings. The molecule has 2 heterocycles. The number of aryl methyl sites for hydroxylation is 1. The van der Waals surface area contributed by atoms with Crippen molar-refractivity contribution in [2.45, 2.75) is 13.1 Å². The summed E-state index contributed by atoms with van der Waals surface area (Å²) in [4.78, 5) is 4.08. The standard InChI is InChI=1S/C21H21F3N6/c1-16-5-7-18(8-6-16)30-20(25-26-27-30)9-10-28-11-13-29(14-12-28)19-4-2-3-17(15-19)21(22,23)24/h2-10,15H,11-14H2,1H3/b10-9+. The Kier molecular flexibility index (Phi) is 5.43. The molecule has 3 aromatic rings. The van der Waals surface area contributed by atoms with Crippen molar-refractivity contribution >= 4 is 11.8 Å². The SMILES string of the molecule is Cc1ccc(-n2nnnc2/C=C/N2CCN(c3cccc(C(F)(F)F)c3)CC2)cc1. The maximum atomic E-state index is 13.0. The van der Waals surface area contributed by atoms with Gasteiger partial charge in [0.15, 0.2) is 5.82 Å². The van der Waals surface area contributed by atoms with E-state index in [9.17, 15) is 13.2 Å². The zero-order chi connectivity index (χ0) is 21.1. The molecular formula is C21H21F3N6. The van der Waals surface area contributed by atoms with Gasteiger partial charge in [-0.15, -0.1) is 5.10 Å². The minimum atomic E-state index is -4.33. The molecule has 30 heavy (non-hydrogen) atoms. The number of aromatic nitrogens is 4. The normalized spacial score (nSPS) is 15.2. The van der Waals surface area contributed by atoms with Crippen LogP contribution in [0, 0.1) is 6.92 Å². The summed E-state index contributed by atoms with van der Waals surface area (Å²) < 4.78 is 40.5. The zero-order valence-corrected chi connectivity index (χ0v) is 16.4. The third kappa shape index (κ3) is 4.45. The Labute approximate surface area is 172 Å². The van der Waals surface area contributed by atoms with E-state index in [4.69, 9.17) is 0 Å². The van der Waals surface area contributed by atoms with E-state index in [1.54, 1.807) is 10.7 Å². The first-order valence-electron chi connectivity index (χ1n) is 9.60. The second-order valence-electron chi connectivity index (χ2n) is 7.17. The van der Waals surface area contributed by atoms with Crippen molar-refractivity contribution in [2.24, 2.45) is 0 Å². The number of anilines is 1. The minimum absolute atomic E-state index is 0.594. The highest BCUT2D eigenvalue weighted by molar-refractivity contribution is 5.50. The van der Waals surface area contributed by atoms with Gasteiger partial charge in [-0.3, -0.25) is 0 Å². The summed E-state index contributed by atoms with van der Waals surface area (Å²) in [6.07, 6.45) is -0.554. The largest absolute Gasteiger partial charge is 0.416 e. The lowest BCUT2D eigenvalue weighted by Crippen LogP contribution is -2.44. The van der Waals surface area contributed by atoms with Crippen molar-refractivity contribution in [3.8, 4) is 5.69 Å². The van der Waals surface area contributed by atoms with Gasteiger partial charge < -0.3 is 9.80 Å². The molecule has 0 bridgehead atoms. The van der Waals surface area contributed by atoms with Crippen molar-refractivity contribution < 1.29 is 13.2 Å². The van der Waals surface area contributed by atoms with Crippen LogP contribution in [0.4, 0.5) is 18.9 Å². The summed E-state index contributed by atoms with van der Waals surface area (Å²) in [5.41, 5.74) is 2.00. The van der Waals surface area contributed by atoms with Gasteiger partial charge in [-0.1, -0.05) is 23.8 Å². The summed E-state index contributed by atoms with van der Waals surface area (Å²) in [6, 6.07) is 13.4. The fourth-order valence-electron chi connectivity index (χ4n) is 3.35. The molecule has 1 aromatic heterocycles. The Balaban J connectivity index is 1.40. The quantitative estimate of drug-likeness (QED) is 0.650. The smallest absolute Gasteiger partial charge is 0.374 e. The minimum Gasteiger partial charge on any atom is -0.374 e. The lowest BCUT2D eigenvalue weighted by Gasteiger charge is -2.35. The van der Waals surface area contributed by atoms with Crippen LogP contribution in [0.1, 0.15) is 17.0 Å². The van der Waals surface area contributed by atoms with Crippen LogP contribution >= 0.6 is 0 Å². The van der Waals surface area contributed by atoms with Gasteiger partial charge >= 0.3 is 6.18 Å². The van der Waals surface area contributed by atoms with Crippen LogP contribution < -0.4 is 4.90 Å². The highest BCUT2D eigenvalue weighted by Gasteiger charge is 2.31. The maximum Gasteiger partial charge on any atom is 0.416 e. The van der Waals surface area contributed by atoms with Crippen LogP contribution in [0.15, 0.2) is 54.7 Å². The van der Waals surface area contributed by atoms with E-state index in [1.165, 1.54) is 12.1 Å². The molecule has 0 radical (unpaired) electrons. The summed E-state index contributed by atoms with van der Waals surface area (Å²) in [5, 5.41) is 11.9. The number of piperazine rings is 1. The van der Waals surface area contributed by atoms with Crippen LogP contribution in [-0.2, 0) is 6.18 Å². The molecule has 6 nitrogen and oxygen atoms in total. The number of alkyl halides is 3. The molecule has 4 rings (SSSR count). The summed E-state index contributed by atoms with van der Waals surface area (Å²) in [7, 11) is 0. The van der Waals surface area contributed by atoms with E-state index in [2.05, 4.69) is 20.4 Å². The second kappa shape index (κ2) is 8.17. The molecule has 0 saturated carbocycles. The van der Waals surface area contributed by atoms with Crippen molar-refractivity contribution in [3.05, 3.63) is 71.7 Å². The summed E-state index contributed by atoms with van der Waals surface area (Å²) in [6.45, 7) is 4.67. The third-order valence-electron chi connectivity index (χ3n) is 5.06. The number of tetrazole rings is 1. The lowest BCUT2D eigenvalue weighted by molar-refractivity contribution is -0.137. The number of hydrogen-bond acceptors (Lipinski definition) is 5. The Morgan fingerprint density at radius 3 is 2.37 bits per heavy atom. The van der Waals surface area contributed by atoms with Crippen LogP contribution in [-0.4, -0.2) is 51.3 Å². The van der Waals surface area contributed by atoms with Gasteiger partial charge in [-0.2, -0.15) is 17.9 Å². The summed E-state index contributed by atoms with van der Waals surface area (Å²) >= 11 is 0. The van der Waals surface area contributed by atoms with Gasteiger partial charge in [0, 0.05) is 44.1 Å². The molecule has 156 valence electrons. The third-order valence-corrected chi connectivity index (χ3v) is 5.06. The molecule has 0 amide bonds. The fourth-order valence-corrected chi connectivity index (χ4v) is 3.35. The monoisotopic (exact) mass is 414 g/mol. The van der Waals surface area contributed by atoms with E-state index < -0.39 is 11.7 Å². The molecule has 0 spiro atoms. The van der Waals surface area contributed by atoms with Crippen molar-refractivity contribution in [1.82, 2.24) is 25.1 Å². The highest BCUT2D eigenvalue weighted by Crippen LogP contribution is 2.31. The van der Waals surface area contributed by atoms with Gasteiger partial charge in [0.05, 0.1) is 11.3 Å². The second-order valence-corrected chi connectivity index (χ2v) is 7.17. The lowest BCUT2D eigenvalue weighted by atomic mass is 10.1. The Bertz CT molecular complexity index is 1020. The van der Waals surface area contributed by atoms with Gasteiger partial charge in [-0.05, 0) is 47.7 Å². The molecule has 1 fully saturated rings. The first-order chi connectivity index (χ1) is 14.4. The summed E-state index contributed by atoms with van der Waals surface area (Å²) in [5.74, 6) is 0.610. The molecule has 0 aliphatic carbocycles. The van der Waals surface area contributed by atoms with E-state index in [0.29, 0.717) is 37.7 Å². The van der Waals surface area contributed by atoms with Gasteiger partial charge in [0.2, 0.25) is 0 Å². The topological polar surface area (TPSA) is 50.1 Å². The first-order valence-corrected chi connectivity index (χ1v) is 9.60. The first kappa shape index (κ1) is 19.9. The predicted molar refractivity (Wildman–Crippen MR) is 108 cm³/mol. The number of benzene rings is 2. The molecule has 2 aromatic carbocycles. The van der Waals surface area contributed by atoms with Crippen LogP contribution in [0.2, 0.25) is 0 Å². The fraction of sp³-hybridized carbons (Fsp3) is 0.286. The van der Waals surface area contributed by atoms with Crippen molar-refractivity contribution in [3.63, 3.8) is 0 Å². The number of rotatable bonds is 4. The van der Waals surface area contributed by atoms with E-state index >= 15 is 0 Å². The van der Waals surface area contributed by atoms with Crippen LogP contribution in [0.3, 0.4) is 0 Å². The maximum absolute atomic E-state index is 13.0. The highest BCUT2D eigenvalue weighted by atomic mass is 19.4. The molecule has 0 N–H and O–H groups in total. The molecule has 0 atom stereocenters. The average molecular weight is 414 g/mol. The Morgan fingerprint density at radius 2 is 1.67 bits per heavy atom. The zero-order valence-electron chi connectivity index (χ0n) is 16.4. The van der Waals surface area contributed by atoms with Crippen LogP contribution in [0.5, 0.6) is 0 Å². The molecule has 9 heteroatoms. The van der Waals surface area contributed by atoms with E-state index in [0.717, 1.165) is 17.3 Å². The van der Waals surface area contributed by atoms with Gasteiger partial charge in [0.1, 0.15) is 0 Å². The molecule has 1 saturated heterocycles. The molecule has 0 unspecified atom stereocenters. The van der Waals surface area contributed by atoms with E-state index in [1.807, 2.05) is 48.4 Å². The van der Waals surface area contributed by atoms with Gasteiger partial charge in [-0.25, -0.2) is 0 Å².